The summed E-state index contributed by atoms with van der Waals surface area (Å²) in [6.07, 6.45) is 3.39. The number of carbonyl (C=O) groups is 1. The molecule has 0 bridgehead atoms. The Balaban J connectivity index is 2.52. The van der Waals surface area contributed by atoms with Crippen LogP contribution < -0.4 is 0 Å². The maximum absolute atomic E-state index is 12.3. The number of esters is 1. The van der Waals surface area contributed by atoms with E-state index in [0.717, 1.165) is 0 Å². The largest absolute Gasteiger partial charge is 0.432 e. The Morgan fingerprint density at radius 2 is 1.79 bits per heavy atom. The van der Waals surface area contributed by atoms with E-state index in [1.54, 1.807) is 0 Å². The molecule has 1 fully saturated rings. The van der Waals surface area contributed by atoms with Crippen molar-refractivity contribution in [1.82, 2.24) is 0 Å². The van der Waals surface area contributed by atoms with Gasteiger partial charge < -0.3 is 9.16 Å². The molecule has 0 amide bonds. The Hall–Kier alpha value is -1.12. The zero-order chi connectivity index (χ0) is 18.3. The summed E-state index contributed by atoms with van der Waals surface area (Å²) < 4.78 is 12.8. The molecule has 1 aliphatic heterocycles. The molecule has 134 valence electrons. The van der Waals surface area contributed by atoms with Crippen LogP contribution in [-0.4, -0.2) is 20.1 Å². The van der Waals surface area contributed by atoms with E-state index in [0.29, 0.717) is 29.5 Å². The number of ether oxygens (including phenoxy) is 1. The number of hydrogen-bond donors (Lipinski definition) is 0. The van der Waals surface area contributed by atoms with Gasteiger partial charge in [0.25, 0.3) is 0 Å². The predicted octanol–water partition coefficient (Wildman–Crippen LogP) is 4.93. The first-order chi connectivity index (χ1) is 11.1. The van der Waals surface area contributed by atoms with Gasteiger partial charge in [0.15, 0.2) is 5.92 Å². The Bertz CT molecular complexity index is 554. The molecule has 2 aliphatic rings. The van der Waals surface area contributed by atoms with Gasteiger partial charge in [-0.15, -0.1) is 0 Å². The molecule has 4 nitrogen and oxygen atoms in total. The maximum Gasteiger partial charge on any atom is 0.326 e. The topological polar surface area (TPSA) is 59.3 Å². The third kappa shape index (κ3) is 2.84. The zero-order valence-corrected chi connectivity index (χ0v) is 17.1. The summed E-state index contributed by atoms with van der Waals surface area (Å²) in [5.41, 5.74) is 2.38. The monoisotopic (exact) mass is 349 g/mol. The van der Waals surface area contributed by atoms with Gasteiger partial charge in [0.05, 0.1) is 12.0 Å². The summed E-state index contributed by atoms with van der Waals surface area (Å²) in [7, 11) is -2.23. The Kier molecular flexibility index (Phi) is 5.32. The number of nitrogens with zero attached hydrogens (tertiary/aromatic N) is 1. The van der Waals surface area contributed by atoms with Crippen LogP contribution in [0.2, 0.25) is 16.6 Å². The minimum Gasteiger partial charge on any atom is -0.432 e. The van der Waals surface area contributed by atoms with Crippen LogP contribution in [0.3, 0.4) is 0 Å². The van der Waals surface area contributed by atoms with Crippen LogP contribution in [0, 0.1) is 23.2 Å². The number of rotatable bonds is 5. The van der Waals surface area contributed by atoms with E-state index in [4.69, 9.17) is 9.16 Å². The molecule has 1 saturated heterocycles. The molecule has 0 aromatic heterocycles. The lowest BCUT2D eigenvalue weighted by Gasteiger charge is -2.50. The molecule has 0 N–H and O–H groups in total. The minimum absolute atomic E-state index is 0.193. The summed E-state index contributed by atoms with van der Waals surface area (Å²) in [5, 5.41) is 9.47. The summed E-state index contributed by atoms with van der Waals surface area (Å²) in [5.74, 6) is -2.26. The third-order valence-electron chi connectivity index (χ3n) is 5.94. The van der Waals surface area contributed by atoms with Crippen molar-refractivity contribution >= 4 is 14.3 Å². The Morgan fingerprint density at radius 3 is 2.25 bits per heavy atom. The second kappa shape index (κ2) is 6.65. The van der Waals surface area contributed by atoms with E-state index in [9.17, 15) is 10.1 Å². The van der Waals surface area contributed by atoms with E-state index < -0.39 is 26.0 Å². The molecular formula is C19H31NO3Si. The molecule has 3 atom stereocenters. The van der Waals surface area contributed by atoms with E-state index in [2.05, 4.69) is 60.6 Å². The van der Waals surface area contributed by atoms with Crippen molar-refractivity contribution < 1.29 is 14.0 Å². The number of fused-ring (bicyclic) bond motifs is 1. The van der Waals surface area contributed by atoms with E-state index >= 15 is 0 Å². The van der Waals surface area contributed by atoms with Gasteiger partial charge in [-0.1, -0.05) is 53.2 Å². The molecule has 1 unspecified atom stereocenters. The zero-order valence-electron chi connectivity index (χ0n) is 16.1. The highest BCUT2D eigenvalue weighted by molar-refractivity contribution is 6.77. The Labute approximate surface area is 147 Å². The van der Waals surface area contributed by atoms with E-state index in [1.807, 2.05) is 0 Å². The van der Waals surface area contributed by atoms with Crippen molar-refractivity contribution in [3.63, 3.8) is 0 Å². The summed E-state index contributed by atoms with van der Waals surface area (Å²) in [6, 6.07) is 2.16. The fourth-order valence-electron chi connectivity index (χ4n) is 4.93. The normalized spacial score (nSPS) is 30.4. The van der Waals surface area contributed by atoms with Crippen LogP contribution in [0.4, 0.5) is 0 Å². The van der Waals surface area contributed by atoms with Gasteiger partial charge in [0.2, 0.25) is 14.1 Å². The van der Waals surface area contributed by atoms with Gasteiger partial charge in [-0.05, 0) is 30.0 Å². The lowest BCUT2D eigenvalue weighted by molar-refractivity contribution is -0.195. The van der Waals surface area contributed by atoms with Crippen LogP contribution in [0.25, 0.3) is 0 Å². The predicted molar refractivity (Wildman–Crippen MR) is 96.5 cm³/mol. The Morgan fingerprint density at radius 1 is 1.25 bits per heavy atom. The summed E-state index contributed by atoms with van der Waals surface area (Å²) in [4.78, 5) is 12.3. The standard InChI is InChI=1S/C19H31NO3Si/c1-12(2)24(13(3)4,14(5)6)23-19-10-15(7)8-9-17(19)16(11-20)18(21)22-19/h8,12-14,16-17H,9-10H2,1-7H3/t16?,17-,19+/m1/s1. The fourth-order valence-corrected chi connectivity index (χ4v) is 10.5. The molecule has 0 aromatic rings. The van der Waals surface area contributed by atoms with Crippen LogP contribution in [0.5, 0.6) is 0 Å². The number of nitriles is 1. The van der Waals surface area contributed by atoms with Gasteiger partial charge in [0, 0.05) is 6.42 Å². The first kappa shape index (κ1) is 19.2. The molecule has 2 rings (SSSR count). The second-order valence-electron chi connectivity index (χ2n) is 8.33. The van der Waals surface area contributed by atoms with Crippen molar-refractivity contribution in [2.45, 2.75) is 83.7 Å². The molecule has 0 saturated carbocycles. The molecule has 0 aromatic carbocycles. The summed E-state index contributed by atoms with van der Waals surface area (Å²) >= 11 is 0. The van der Waals surface area contributed by atoms with Gasteiger partial charge in [-0.3, -0.25) is 4.79 Å². The lowest BCUT2D eigenvalue weighted by atomic mass is 9.79. The minimum atomic E-state index is -2.23. The van der Waals surface area contributed by atoms with Gasteiger partial charge in [-0.2, -0.15) is 5.26 Å². The second-order valence-corrected chi connectivity index (χ2v) is 13.7. The van der Waals surface area contributed by atoms with Crippen molar-refractivity contribution in [3.05, 3.63) is 11.6 Å². The maximum atomic E-state index is 12.3. The fraction of sp³-hybridized carbons (Fsp3) is 0.789. The highest BCUT2D eigenvalue weighted by Gasteiger charge is 2.62. The molecule has 0 spiro atoms. The molecule has 1 heterocycles. The molecular weight excluding hydrogens is 318 g/mol. The smallest absolute Gasteiger partial charge is 0.326 e. The molecule has 1 aliphatic carbocycles. The number of carbonyl (C=O) groups excluding carboxylic acids is 1. The molecule has 0 radical (unpaired) electrons. The third-order valence-corrected chi connectivity index (χ3v) is 12.0. The van der Waals surface area contributed by atoms with Gasteiger partial charge in [0.1, 0.15) is 0 Å². The van der Waals surface area contributed by atoms with Crippen LogP contribution in [0.15, 0.2) is 11.6 Å². The lowest BCUT2D eigenvalue weighted by Crippen LogP contribution is -2.57. The van der Waals surface area contributed by atoms with Crippen LogP contribution >= 0.6 is 0 Å². The highest BCUT2D eigenvalue weighted by atomic mass is 28.4. The van der Waals surface area contributed by atoms with E-state index in [1.165, 1.54) is 5.57 Å². The van der Waals surface area contributed by atoms with E-state index in [-0.39, 0.29) is 5.92 Å². The van der Waals surface area contributed by atoms with Crippen molar-refractivity contribution in [3.8, 4) is 6.07 Å². The SMILES string of the molecule is CC1=CC[C@@H]2C(C#N)C(=O)O[C@]2(O[Si](C(C)C)(C(C)C)C(C)C)C1. The summed E-state index contributed by atoms with van der Waals surface area (Å²) in [6.45, 7) is 15.4. The average Bonchev–Trinajstić information content (AvgIpc) is 2.73. The van der Waals surface area contributed by atoms with Crippen LogP contribution in [-0.2, 0) is 14.0 Å². The average molecular weight is 350 g/mol. The van der Waals surface area contributed by atoms with Gasteiger partial charge >= 0.3 is 5.97 Å². The van der Waals surface area contributed by atoms with Crippen LogP contribution in [0.1, 0.15) is 61.3 Å². The van der Waals surface area contributed by atoms with Crippen molar-refractivity contribution in [2.75, 3.05) is 0 Å². The number of hydrogen-bond acceptors (Lipinski definition) is 4. The first-order valence-corrected chi connectivity index (χ1v) is 11.2. The molecule has 5 heteroatoms. The van der Waals surface area contributed by atoms with Crippen molar-refractivity contribution in [1.29, 1.82) is 5.26 Å². The number of allylic oxidation sites excluding steroid dienone is 1. The van der Waals surface area contributed by atoms with Crippen molar-refractivity contribution in [2.24, 2.45) is 11.8 Å². The first-order valence-electron chi connectivity index (χ1n) is 9.09. The van der Waals surface area contributed by atoms with Gasteiger partial charge in [-0.25, -0.2) is 0 Å². The quantitative estimate of drug-likeness (QED) is 0.401. The molecule has 24 heavy (non-hydrogen) atoms. The highest BCUT2D eigenvalue weighted by Crippen LogP contribution is 2.53.